The van der Waals surface area contributed by atoms with E-state index in [1.165, 1.54) is 14.1 Å². The maximum Gasteiger partial charge on any atom is 0.0991 e. The smallest absolute Gasteiger partial charge is 0.0991 e. The molecule has 0 saturated heterocycles. The molecular formula is C39H19N3S2. The molecule has 0 amide bonds. The van der Waals surface area contributed by atoms with Crippen LogP contribution in [0.25, 0.3) is 73.7 Å². The Bertz CT molecular complexity index is 2600. The molecule has 0 aliphatic carbocycles. The molecule has 202 valence electrons. The van der Waals surface area contributed by atoms with Crippen molar-refractivity contribution in [2.24, 2.45) is 0 Å². The first-order chi connectivity index (χ1) is 21.6. The summed E-state index contributed by atoms with van der Waals surface area (Å²) in [5.41, 5.74) is 8.25. The van der Waals surface area contributed by atoms with Crippen LogP contribution in [0.15, 0.2) is 115 Å². The maximum atomic E-state index is 9.68. The first-order valence-corrected chi connectivity index (χ1v) is 15.6. The summed E-state index contributed by atoms with van der Waals surface area (Å²) in [6, 6.07) is 46.0. The van der Waals surface area contributed by atoms with E-state index in [0.29, 0.717) is 16.7 Å². The van der Waals surface area contributed by atoms with Gasteiger partial charge in [-0.3, -0.25) is 0 Å². The monoisotopic (exact) mass is 593 g/mol. The highest BCUT2D eigenvalue weighted by Crippen LogP contribution is 2.42. The van der Waals surface area contributed by atoms with Gasteiger partial charge in [0.1, 0.15) is 0 Å². The Morgan fingerprint density at radius 2 is 0.818 bits per heavy atom. The summed E-state index contributed by atoms with van der Waals surface area (Å²) in [5, 5.41) is 33.1. The van der Waals surface area contributed by atoms with Crippen molar-refractivity contribution in [1.29, 1.82) is 15.8 Å². The molecule has 0 N–H and O–H groups in total. The molecule has 3 nitrogen and oxygen atoms in total. The minimum atomic E-state index is 0.613. The molecule has 0 bridgehead atoms. The molecular weight excluding hydrogens is 575 g/mol. The van der Waals surface area contributed by atoms with Gasteiger partial charge < -0.3 is 0 Å². The summed E-state index contributed by atoms with van der Waals surface area (Å²) in [6.07, 6.45) is 0. The first-order valence-electron chi connectivity index (χ1n) is 14.0. The van der Waals surface area contributed by atoms with Crippen LogP contribution in [0.5, 0.6) is 0 Å². The van der Waals surface area contributed by atoms with Crippen LogP contribution in [0, 0.1) is 34.0 Å². The Balaban J connectivity index is 1.33. The maximum absolute atomic E-state index is 9.68. The number of rotatable bonds is 3. The second-order valence-electron chi connectivity index (χ2n) is 10.7. The molecule has 0 radical (unpaired) electrons. The molecule has 0 unspecified atom stereocenters. The zero-order chi connectivity index (χ0) is 29.8. The second kappa shape index (κ2) is 10.2. The van der Waals surface area contributed by atoms with E-state index in [2.05, 4.69) is 78.9 Å². The Hall–Kier alpha value is -5.77. The van der Waals surface area contributed by atoms with Crippen molar-refractivity contribution in [3.63, 3.8) is 0 Å². The lowest BCUT2D eigenvalue weighted by Crippen LogP contribution is -1.89. The van der Waals surface area contributed by atoms with Crippen molar-refractivity contribution in [3.8, 4) is 51.6 Å². The summed E-state index contributed by atoms with van der Waals surface area (Å²) in [4.78, 5) is 0. The second-order valence-corrected chi connectivity index (χ2v) is 12.9. The van der Waals surface area contributed by atoms with Gasteiger partial charge in [0.2, 0.25) is 0 Å². The van der Waals surface area contributed by atoms with Gasteiger partial charge in [0.15, 0.2) is 0 Å². The van der Waals surface area contributed by atoms with Gasteiger partial charge in [-0.2, -0.15) is 15.8 Å². The number of fused-ring (bicyclic) bond motifs is 6. The van der Waals surface area contributed by atoms with Crippen molar-refractivity contribution < 1.29 is 0 Å². The van der Waals surface area contributed by atoms with E-state index in [1.807, 2.05) is 54.6 Å². The summed E-state index contributed by atoms with van der Waals surface area (Å²) >= 11 is 3.47. The van der Waals surface area contributed by atoms with E-state index in [0.717, 1.165) is 59.6 Å². The van der Waals surface area contributed by atoms with E-state index >= 15 is 0 Å². The van der Waals surface area contributed by atoms with Crippen LogP contribution in [0.3, 0.4) is 0 Å². The number of benzene rings is 6. The molecule has 0 aliphatic heterocycles. The molecule has 0 fully saturated rings. The lowest BCUT2D eigenvalue weighted by molar-refractivity contribution is 1.48. The number of thiophene rings is 2. The van der Waals surface area contributed by atoms with Crippen LogP contribution < -0.4 is 0 Å². The predicted octanol–water partition coefficient (Wildman–Crippen LogP) is 11.0. The van der Waals surface area contributed by atoms with Crippen LogP contribution >= 0.6 is 22.7 Å². The normalized spacial score (nSPS) is 11.1. The molecule has 0 aliphatic rings. The highest BCUT2D eigenvalue weighted by Gasteiger charge is 2.15. The molecule has 2 aromatic heterocycles. The van der Waals surface area contributed by atoms with Crippen LogP contribution in [-0.2, 0) is 0 Å². The third kappa shape index (κ3) is 4.22. The Kier molecular flexibility index (Phi) is 6.00. The fourth-order valence-electron chi connectivity index (χ4n) is 6.01. The molecule has 0 saturated carbocycles. The minimum absolute atomic E-state index is 0.613. The van der Waals surface area contributed by atoms with Crippen LogP contribution in [0.1, 0.15) is 16.7 Å². The van der Waals surface area contributed by atoms with Gasteiger partial charge in [0, 0.05) is 40.3 Å². The fraction of sp³-hybridized carbons (Fsp3) is 0. The van der Waals surface area contributed by atoms with Crippen molar-refractivity contribution in [2.75, 3.05) is 0 Å². The molecule has 44 heavy (non-hydrogen) atoms. The molecule has 0 atom stereocenters. The summed E-state index contributed by atoms with van der Waals surface area (Å²) in [5.74, 6) is 0. The van der Waals surface area contributed by atoms with Crippen LogP contribution in [0.2, 0.25) is 0 Å². The van der Waals surface area contributed by atoms with Gasteiger partial charge in [-0.25, -0.2) is 0 Å². The molecule has 0 spiro atoms. The van der Waals surface area contributed by atoms with Crippen LogP contribution in [-0.4, -0.2) is 0 Å². The van der Waals surface area contributed by atoms with E-state index in [1.54, 1.807) is 22.7 Å². The summed E-state index contributed by atoms with van der Waals surface area (Å²) in [6.45, 7) is 0. The average molecular weight is 594 g/mol. The largest absolute Gasteiger partial charge is 0.192 e. The van der Waals surface area contributed by atoms with Gasteiger partial charge in [0.05, 0.1) is 34.9 Å². The number of hydrogen-bond donors (Lipinski definition) is 0. The third-order valence-corrected chi connectivity index (χ3v) is 10.5. The van der Waals surface area contributed by atoms with Crippen molar-refractivity contribution in [1.82, 2.24) is 0 Å². The van der Waals surface area contributed by atoms with Gasteiger partial charge in [-0.1, -0.05) is 36.4 Å². The summed E-state index contributed by atoms with van der Waals surface area (Å²) in [7, 11) is 0. The topological polar surface area (TPSA) is 71.4 Å². The van der Waals surface area contributed by atoms with E-state index in [4.69, 9.17) is 0 Å². The number of hydrogen-bond acceptors (Lipinski definition) is 5. The zero-order valence-electron chi connectivity index (χ0n) is 23.1. The first kappa shape index (κ1) is 25.9. The molecule has 2 heterocycles. The van der Waals surface area contributed by atoms with Gasteiger partial charge in [-0.05, 0) is 112 Å². The van der Waals surface area contributed by atoms with E-state index in [9.17, 15) is 15.8 Å². The van der Waals surface area contributed by atoms with E-state index in [-0.39, 0.29) is 0 Å². The lowest BCUT2D eigenvalue weighted by Gasteiger charge is -2.14. The highest BCUT2D eigenvalue weighted by atomic mass is 32.1. The third-order valence-electron chi connectivity index (χ3n) is 8.16. The van der Waals surface area contributed by atoms with Crippen molar-refractivity contribution >= 4 is 63.0 Å². The SMILES string of the molecule is N#Cc1cccc(-c2cc(-c3ccc4sc5ccc(C#N)cc5c4c3)ccc2-c2ccc3sc4ccc(C#N)cc4c3c2)c1. The van der Waals surface area contributed by atoms with Gasteiger partial charge >= 0.3 is 0 Å². The number of nitrogens with zero attached hydrogens (tertiary/aromatic N) is 3. The molecule has 8 rings (SSSR count). The zero-order valence-corrected chi connectivity index (χ0v) is 24.8. The van der Waals surface area contributed by atoms with Gasteiger partial charge in [-0.15, -0.1) is 22.7 Å². The fourth-order valence-corrected chi connectivity index (χ4v) is 8.15. The van der Waals surface area contributed by atoms with Crippen LogP contribution in [0.4, 0.5) is 0 Å². The Morgan fingerprint density at radius 3 is 1.43 bits per heavy atom. The minimum Gasteiger partial charge on any atom is -0.192 e. The van der Waals surface area contributed by atoms with Gasteiger partial charge in [0.25, 0.3) is 0 Å². The molecule has 8 aromatic rings. The summed E-state index contributed by atoms with van der Waals surface area (Å²) < 4.78 is 4.69. The molecule has 5 heteroatoms. The Labute approximate surface area is 261 Å². The standard InChI is InChI=1S/C39H19N3S2/c40-20-23-2-1-3-28(14-23)31-17-26(27-7-12-38-34(18-27)32-15-24(21-41)4-10-36(32)43-38)6-9-30(31)29-8-13-39-35(19-29)33-16-25(22-42)5-11-37(33)44-39/h1-19H. The highest BCUT2D eigenvalue weighted by molar-refractivity contribution is 7.26. The van der Waals surface area contributed by atoms with Crippen molar-refractivity contribution in [2.45, 2.75) is 0 Å². The average Bonchev–Trinajstić information content (AvgIpc) is 3.64. The quantitative estimate of drug-likeness (QED) is 0.205. The molecule has 6 aromatic carbocycles. The van der Waals surface area contributed by atoms with E-state index < -0.39 is 0 Å². The Morgan fingerprint density at radius 1 is 0.364 bits per heavy atom. The predicted molar refractivity (Wildman–Crippen MR) is 183 cm³/mol. The van der Waals surface area contributed by atoms with Crippen molar-refractivity contribution in [3.05, 3.63) is 132 Å². The number of nitriles is 3. The lowest BCUT2D eigenvalue weighted by atomic mass is 9.90.